The van der Waals surface area contributed by atoms with Crippen LogP contribution in [0.1, 0.15) is 35.7 Å². The molecule has 0 aliphatic carbocycles. The summed E-state index contributed by atoms with van der Waals surface area (Å²) in [4.78, 5) is 23.8. The molecule has 0 aliphatic heterocycles. The fraction of sp³-hybridized carbons (Fsp3) is 0.364. The van der Waals surface area contributed by atoms with Crippen molar-refractivity contribution in [2.45, 2.75) is 26.2 Å². The van der Waals surface area contributed by atoms with Gasteiger partial charge in [0, 0.05) is 12.2 Å². The molecule has 0 heterocycles. The lowest BCUT2D eigenvalue weighted by atomic mass is 10.1. The van der Waals surface area contributed by atoms with Crippen molar-refractivity contribution in [1.82, 2.24) is 5.32 Å². The Hall–Kier alpha value is -3.02. The Kier molecular flexibility index (Phi) is 8.85. The number of methoxy groups -OCH3 is 1. The van der Waals surface area contributed by atoms with Crippen molar-refractivity contribution in [3.8, 4) is 5.75 Å². The van der Waals surface area contributed by atoms with Crippen molar-refractivity contribution in [3.05, 3.63) is 59.7 Å². The Bertz CT molecular complexity index is 742. The molecule has 0 spiro atoms. The minimum atomic E-state index is -0.323. The summed E-state index contributed by atoms with van der Waals surface area (Å²) in [5.74, 6) is 0.407. The molecular formula is C22H28N2O4. The molecule has 0 unspecified atom stereocenters. The number of carbonyl (C=O) groups excluding carboxylic acids is 2. The van der Waals surface area contributed by atoms with Crippen LogP contribution >= 0.6 is 0 Å². The first-order chi connectivity index (χ1) is 13.6. The molecule has 0 bridgehead atoms. The number of carbonyl (C=O) groups is 2. The maximum absolute atomic E-state index is 12.0. The van der Waals surface area contributed by atoms with Gasteiger partial charge in [-0.25, -0.2) is 4.79 Å². The highest BCUT2D eigenvalue weighted by Crippen LogP contribution is 2.12. The number of rotatable bonds is 11. The maximum Gasteiger partial charge on any atom is 0.338 e. The Morgan fingerprint density at radius 3 is 2.36 bits per heavy atom. The molecule has 0 atom stereocenters. The molecule has 2 aromatic carbocycles. The first kappa shape index (κ1) is 21.3. The number of ether oxygens (including phenoxy) is 2. The predicted molar refractivity (Wildman–Crippen MR) is 110 cm³/mol. The highest BCUT2D eigenvalue weighted by molar-refractivity contribution is 5.90. The molecule has 0 radical (unpaired) electrons. The van der Waals surface area contributed by atoms with Crippen LogP contribution in [-0.4, -0.2) is 38.7 Å². The standard InChI is InChI=1S/C22H28N2O4/c1-3-4-15-28-22(26)18-7-9-19(10-8-18)24-16-21(25)23-14-13-17-5-11-20(27-2)12-6-17/h5-12,24H,3-4,13-16H2,1-2H3,(H,23,25). The Balaban J connectivity index is 1.68. The molecule has 0 fully saturated rings. The third kappa shape index (κ3) is 7.31. The van der Waals surface area contributed by atoms with Gasteiger partial charge in [-0.3, -0.25) is 4.79 Å². The third-order valence-corrected chi connectivity index (χ3v) is 4.20. The number of amides is 1. The van der Waals surface area contributed by atoms with Crippen LogP contribution in [0.5, 0.6) is 5.75 Å². The second-order valence-corrected chi connectivity index (χ2v) is 6.37. The lowest BCUT2D eigenvalue weighted by molar-refractivity contribution is -0.119. The van der Waals surface area contributed by atoms with Gasteiger partial charge in [0.2, 0.25) is 5.91 Å². The van der Waals surface area contributed by atoms with E-state index in [4.69, 9.17) is 9.47 Å². The summed E-state index contributed by atoms with van der Waals surface area (Å²) in [6, 6.07) is 14.7. The summed E-state index contributed by atoms with van der Waals surface area (Å²) in [5.41, 5.74) is 2.41. The van der Waals surface area contributed by atoms with E-state index in [1.807, 2.05) is 31.2 Å². The van der Waals surface area contributed by atoms with Crippen LogP contribution in [0.25, 0.3) is 0 Å². The van der Waals surface area contributed by atoms with Crippen molar-refractivity contribution >= 4 is 17.6 Å². The first-order valence-electron chi connectivity index (χ1n) is 9.53. The van der Waals surface area contributed by atoms with Crippen molar-refractivity contribution < 1.29 is 19.1 Å². The number of benzene rings is 2. The molecule has 150 valence electrons. The molecule has 2 rings (SSSR count). The first-order valence-corrected chi connectivity index (χ1v) is 9.53. The summed E-state index contributed by atoms with van der Waals surface area (Å²) in [5, 5.41) is 5.93. The predicted octanol–water partition coefficient (Wildman–Crippen LogP) is 3.42. The third-order valence-electron chi connectivity index (χ3n) is 4.20. The lowest BCUT2D eigenvalue weighted by Gasteiger charge is -2.09. The molecule has 0 aromatic heterocycles. The van der Waals surface area contributed by atoms with Crippen LogP contribution in [0, 0.1) is 0 Å². The fourth-order valence-electron chi connectivity index (χ4n) is 2.50. The average molecular weight is 384 g/mol. The summed E-state index contributed by atoms with van der Waals surface area (Å²) in [6.07, 6.45) is 2.60. The Morgan fingerprint density at radius 2 is 1.71 bits per heavy atom. The van der Waals surface area contributed by atoms with E-state index in [1.54, 1.807) is 31.4 Å². The molecule has 6 heteroatoms. The zero-order valence-corrected chi connectivity index (χ0v) is 16.5. The van der Waals surface area contributed by atoms with E-state index in [1.165, 1.54) is 0 Å². The maximum atomic E-state index is 12.0. The highest BCUT2D eigenvalue weighted by Gasteiger charge is 2.07. The molecule has 2 N–H and O–H groups in total. The van der Waals surface area contributed by atoms with Gasteiger partial charge in [-0.05, 0) is 54.8 Å². The van der Waals surface area contributed by atoms with Gasteiger partial charge in [-0.15, -0.1) is 0 Å². The van der Waals surface area contributed by atoms with Gasteiger partial charge in [0.05, 0.1) is 25.8 Å². The number of unbranched alkanes of at least 4 members (excludes halogenated alkanes) is 1. The minimum absolute atomic E-state index is 0.0865. The normalized spacial score (nSPS) is 10.2. The number of hydrogen-bond donors (Lipinski definition) is 2. The van der Waals surface area contributed by atoms with Gasteiger partial charge in [-0.1, -0.05) is 25.5 Å². The molecule has 0 saturated carbocycles. The minimum Gasteiger partial charge on any atom is -0.497 e. The van der Waals surface area contributed by atoms with Gasteiger partial charge in [-0.2, -0.15) is 0 Å². The summed E-state index contributed by atoms with van der Waals surface area (Å²) in [6.45, 7) is 3.22. The quantitative estimate of drug-likeness (QED) is 0.459. The van der Waals surface area contributed by atoms with E-state index in [0.29, 0.717) is 18.7 Å². The van der Waals surface area contributed by atoms with Gasteiger partial charge in [0.25, 0.3) is 0 Å². The van der Waals surface area contributed by atoms with E-state index >= 15 is 0 Å². The van der Waals surface area contributed by atoms with Crippen molar-refractivity contribution in [3.63, 3.8) is 0 Å². The van der Waals surface area contributed by atoms with Crippen LogP contribution in [0.3, 0.4) is 0 Å². The molecular weight excluding hydrogens is 356 g/mol. The van der Waals surface area contributed by atoms with Crippen LogP contribution in [0.4, 0.5) is 5.69 Å². The van der Waals surface area contributed by atoms with Gasteiger partial charge in [0.15, 0.2) is 0 Å². The van der Waals surface area contributed by atoms with Gasteiger partial charge >= 0.3 is 5.97 Å². The van der Waals surface area contributed by atoms with E-state index < -0.39 is 0 Å². The van der Waals surface area contributed by atoms with Gasteiger partial charge < -0.3 is 20.1 Å². The molecule has 0 aliphatic rings. The molecule has 2 aromatic rings. The van der Waals surface area contributed by atoms with Crippen molar-refractivity contribution in [1.29, 1.82) is 0 Å². The average Bonchev–Trinajstić information content (AvgIpc) is 2.73. The molecule has 1 amide bonds. The zero-order chi connectivity index (χ0) is 20.2. The number of anilines is 1. The van der Waals surface area contributed by atoms with E-state index in [-0.39, 0.29) is 18.4 Å². The highest BCUT2D eigenvalue weighted by atomic mass is 16.5. The smallest absolute Gasteiger partial charge is 0.338 e. The second-order valence-electron chi connectivity index (χ2n) is 6.37. The van der Waals surface area contributed by atoms with Crippen LogP contribution in [-0.2, 0) is 16.0 Å². The number of hydrogen-bond acceptors (Lipinski definition) is 5. The van der Waals surface area contributed by atoms with Crippen LogP contribution < -0.4 is 15.4 Å². The Labute approximate surface area is 166 Å². The SMILES string of the molecule is CCCCOC(=O)c1ccc(NCC(=O)NCCc2ccc(OC)cc2)cc1. The second kappa shape index (κ2) is 11.6. The number of nitrogens with one attached hydrogen (secondary N) is 2. The summed E-state index contributed by atoms with van der Waals surface area (Å²) < 4.78 is 10.3. The lowest BCUT2D eigenvalue weighted by Crippen LogP contribution is -2.31. The Morgan fingerprint density at radius 1 is 1.00 bits per heavy atom. The largest absolute Gasteiger partial charge is 0.497 e. The number of esters is 1. The zero-order valence-electron chi connectivity index (χ0n) is 16.5. The molecule has 6 nitrogen and oxygen atoms in total. The topological polar surface area (TPSA) is 76.7 Å². The van der Waals surface area contributed by atoms with Crippen molar-refractivity contribution in [2.24, 2.45) is 0 Å². The van der Waals surface area contributed by atoms with Crippen molar-refractivity contribution in [2.75, 3.05) is 32.1 Å². The van der Waals surface area contributed by atoms with E-state index in [0.717, 1.165) is 36.3 Å². The molecule has 0 saturated heterocycles. The summed E-state index contributed by atoms with van der Waals surface area (Å²) >= 11 is 0. The summed E-state index contributed by atoms with van der Waals surface area (Å²) in [7, 11) is 1.63. The van der Waals surface area contributed by atoms with Gasteiger partial charge in [0.1, 0.15) is 5.75 Å². The van der Waals surface area contributed by atoms with E-state index in [9.17, 15) is 9.59 Å². The molecule has 28 heavy (non-hydrogen) atoms. The van der Waals surface area contributed by atoms with Crippen LogP contribution in [0.15, 0.2) is 48.5 Å². The monoisotopic (exact) mass is 384 g/mol. The fourth-order valence-corrected chi connectivity index (χ4v) is 2.50. The van der Waals surface area contributed by atoms with E-state index in [2.05, 4.69) is 10.6 Å². The van der Waals surface area contributed by atoms with Crippen LogP contribution in [0.2, 0.25) is 0 Å².